The first-order valence-corrected chi connectivity index (χ1v) is 14.5. The van der Waals surface area contributed by atoms with Gasteiger partial charge in [0.05, 0.1) is 6.54 Å². The van der Waals surface area contributed by atoms with Crippen LogP contribution in [0.4, 0.5) is 0 Å². The van der Waals surface area contributed by atoms with E-state index in [-0.39, 0.29) is 55.2 Å². The molecule has 3 atom stereocenters. The molecule has 5 rings (SSSR count). The van der Waals surface area contributed by atoms with Gasteiger partial charge in [-0.3, -0.25) is 19.2 Å². The van der Waals surface area contributed by atoms with Crippen LogP contribution in [-0.2, 0) is 27.3 Å². The van der Waals surface area contributed by atoms with Crippen LogP contribution in [0, 0.1) is 5.92 Å². The van der Waals surface area contributed by atoms with Crippen molar-refractivity contribution in [1.82, 2.24) is 31.0 Å². The number of ether oxygens (including phenoxy) is 1. The Morgan fingerprint density at radius 2 is 1.84 bits per heavy atom. The first-order chi connectivity index (χ1) is 20.8. The summed E-state index contributed by atoms with van der Waals surface area (Å²) < 4.78 is 16.7. The Hall–Kier alpha value is -4.52. The molecule has 1 unspecified atom stereocenters. The molecular formula is C30H36N6O7. The van der Waals surface area contributed by atoms with E-state index in [1.54, 1.807) is 0 Å². The van der Waals surface area contributed by atoms with E-state index in [0.29, 0.717) is 25.2 Å². The number of fused-ring (bicyclic) bond motifs is 4. The number of benzene rings is 1. The van der Waals surface area contributed by atoms with E-state index in [4.69, 9.17) is 13.7 Å². The van der Waals surface area contributed by atoms with Crippen LogP contribution in [0.2, 0.25) is 0 Å². The summed E-state index contributed by atoms with van der Waals surface area (Å²) in [4.78, 5) is 59.0. The van der Waals surface area contributed by atoms with Gasteiger partial charge in [0.25, 0.3) is 17.7 Å². The molecule has 3 N–H and O–H groups in total. The van der Waals surface area contributed by atoms with Crippen molar-refractivity contribution >= 4 is 23.6 Å². The van der Waals surface area contributed by atoms with Gasteiger partial charge < -0.3 is 34.5 Å². The number of nitrogens with zero attached hydrogens (tertiary/aromatic N) is 3. The maximum Gasteiger partial charge on any atom is 0.274 e. The summed E-state index contributed by atoms with van der Waals surface area (Å²) in [5, 5.41) is 12.4. The molecule has 1 fully saturated rings. The minimum Gasteiger partial charge on any atom is -0.446 e. The number of hydrogen-bond acceptors (Lipinski definition) is 9. The number of amides is 4. The van der Waals surface area contributed by atoms with E-state index in [0.717, 1.165) is 12.0 Å². The van der Waals surface area contributed by atoms with Crippen molar-refractivity contribution in [2.45, 2.75) is 64.3 Å². The number of nitrogens with one attached hydrogen (secondary N) is 3. The number of oxazole rings is 1. The second kappa shape index (κ2) is 13.6. The third-order valence-electron chi connectivity index (χ3n) is 7.31. The van der Waals surface area contributed by atoms with Gasteiger partial charge in [0.2, 0.25) is 11.8 Å². The fourth-order valence-corrected chi connectivity index (χ4v) is 5.13. The van der Waals surface area contributed by atoms with Crippen LogP contribution in [-0.4, -0.2) is 70.5 Å². The highest BCUT2D eigenvalue weighted by atomic mass is 16.5. The molecule has 2 aromatic heterocycles. The molecule has 0 radical (unpaired) electrons. The molecule has 2 aliphatic heterocycles. The predicted octanol–water partition coefficient (Wildman–Crippen LogP) is 2.16. The van der Waals surface area contributed by atoms with Crippen LogP contribution in [0.3, 0.4) is 0 Å². The molecule has 4 heterocycles. The second-order valence-electron chi connectivity index (χ2n) is 11.2. The van der Waals surface area contributed by atoms with Gasteiger partial charge in [-0.15, -0.1) is 0 Å². The van der Waals surface area contributed by atoms with Gasteiger partial charge in [-0.2, -0.15) is 0 Å². The largest absolute Gasteiger partial charge is 0.446 e. The molecule has 1 saturated heterocycles. The minimum absolute atomic E-state index is 0.0240. The molecule has 2 aliphatic rings. The molecule has 0 aliphatic carbocycles. The van der Waals surface area contributed by atoms with Crippen LogP contribution >= 0.6 is 0 Å². The van der Waals surface area contributed by atoms with E-state index >= 15 is 0 Å². The van der Waals surface area contributed by atoms with Crippen LogP contribution in [0.1, 0.15) is 77.3 Å². The zero-order valence-electron chi connectivity index (χ0n) is 24.2. The van der Waals surface area contributed by atoms with Crippen LogP contribution in [0.15, 0.2) is 51.6 Å². The van der Waals surface area contributed by atoms with Gasteiger partial charge in [0.1, 0.15) is 24.5 Å². The van der Waals surface area contributed by atoms with Crippen molar-refractivity contribution in [1.29, 1.82) is 0 Å². The third-order valence-corrected chi connectivity index (χ3v) is 7.31. The Bertz CT molecular complexity index is 1430. The van der Waals surface area contributed by atoms with Crippen LogP contribution in [0.5, 0.6) is 0 Å². The fraction of sp³-hybridized carbons (Fsp3) is 0.467. The summed E-state index contributed by atoms with van der Waals surface area (Å²) in [5.41, 5.74) is 0.847. The monoisotopic (exact) mass is 592 g/mol. The lowest BCUT2D eigenvalue weighted by Gasteiger charge is -2.25. The van der Waals surface area contributed by atoms with E-state index in [2.05, 4.69) is 26.1 Å². The Morgan fingerprint density at radius 3 is 2.58 bits per heavy atom. The average Bonchev–Trinajstić information content (AvgIpc) is 3.78. The summed E-state index contributed by atoms with van der Waals surface area (Å²) in [6.45, 7) is 4.73. The molecule has 0 saturated carbocycles. The first-order valence-electron chi connectivity index (χ1n) is 14.5. The number of carbonyl (C=O) groups is 4. The Kier molecular flexibility index (Phi) is 9.50. The average molecular weight is 593 g/mol. The zero-order valence-corrected chi connectivity index (χ0v) is 24.2. The van der Waals surface area contributed by atoms with E-state index in [9.17, 15) is 19.2 Å². The quantitative estimate of drug-likeness (QED) is 0.402. The highest BCUT2D eigenvalue weighted by Gasteiger charge is 2.31. The molecule has 1 aromatic carbocycles. The zero-order chi connectivity index (χ0) is 30.3. The molecule has 3 aromatic rings. The maximum absolute atomic E-state index is 13.4. The summed E-state index contributed by atoms with van der Waals surface area (Å²) in [6.07, 6.45) is 2.69. The van der Waals surface area contributed by atoms with Crippen molar-refractivity contribution in [2.75, 3.05) is 19.7 Å². The predicted molar refractivity (Wildman–Crippen MR) is 151 cm³/mol. The summed E-state index contributed by atoms with van der Waals surface area (Å²) >= 11 is 0. The van der Waals surface area contributed by atoms with Gasteiger partial charge in [0.15, 0.2) is 17.1 Å². The number of rotatable bonds is 5. The van der Waals surface area contributed by atoms with Gasteiger partial charge in [-0.1, -0.05) is 49.3 Å². The first kappa shape index (κ1) is 30.0. The molecule has 13 nitrogen and oxygen atoms in total. The minimum atomic E-state index is -0.931. The number of carbonyl (C=O) groups excluding carboxylic acids is 4. The number of aromatic nitrogens is 2. The third kappa shape index (κ3) is 7.66. The van der Waals surface area contributed by atoms with E-state index in [1.807, 2.05) is 44.2 Å². The normalized spacial score (nSPS) is 22.0. The number of hydrogen-bond donors (Lipinski definition) is 3. The van der Waals surface area contributed by atoms with Gasteiger partial charge >= 0.3 is 0 Å². The summed E-state index contributed by atoms with van der Waals surface area (Å²) in [6, 6.07) is 9.20. The molecule has 43 heavy (non-hydrogen) atoms. The van der Waals surface area contributed by atoms with Crippen molar-refractivity contribution in [3.8, 4) is 0 Å². The van der Waals surface area contributed by atoms with Crippen molar-refractivity contribution < 1.29 is 32.9 Å². The highest BCUT2D eigenvalue weighted by molar-refractivity contribution is 5.96. The standard InChI is InChI=1S/C30H36N6O7/c1-18(2)13-23-29-34-24(17-42-29)28(39)32-21(14-19-7-4-3-5-8-19)26(37)31-10-11-36(30(40)25-9-6-12-41-25)16-20-15-22(35-43-20)27(38)33-23/h3-5,7-8,15,17-18,21,23,25H,6,9-14,16H2,1-2H3,(H,31,37)(H,32,39)(H,33,38)/t21-,23?,25+/m0/s1. The molecule has 4 amide bonds. The maximum atomic E-state index is 13.4. The topological polar surface area (TPSA) is 169 Å². The summed E-state index contributed by atoms with van der Waals surface area (Å²) in [7, 11) is 0. The fourth-order valence-electron chi connectivity index (χ4n) is 5.13. The SMILES string of the molecule is CC(C)CC1NC(=O)c2cc(on2)CN(C(=O)[C@H]2CCCO2)CCNC(=O)[C@H](Cc2ccccc2)NC(=O)c2coc1n2. The molecule has 13 heteroatoms. The van der Waals surface area contributed by atoms with Gasteiger partial charge in [-0.05, 0) is 30.7 Å². The Balaban J connectivity index is 1.45. The Morgan fingerprint density at radius 1 is 1.07 bits per heavy atom. The molecule has 4 bridgehead atoms. The van der Waals surface area contributed by atoms with E-state index < -0.39 is 35.9 Å². The van der Waals surface area contributed by atoms with E-state index in [1.165, 1.54) is 17.2 Å². The van der Waals surface area contributed by atoms with Crippen molar-refractivity contribution in [3.05, 3.63) is 71.3 Å². The smallest absolute Gasteiger partial charge is 0.274 e. The highest BCUT2D eigenvalue weighted by Crippen LogP contribution is 2.22. The second-order valence-corrected chi connectivity index (χ2v) is 11.2. The summed E-state index contributed by atoms with van der Waals surface area (Å²) in [5.74, 6) is -1.17. The lowest BCUT2D eigenvalue weighted by Crippen LogP contribution is -2.50. The van der Waals surface area contributed by atoms with Gasteiger partial charge in [0, 0.05) is 32.2 Å². The Labute approximate surface area is 248 Å². The van der Waals surface area contributed by atoms with Crippen LogP contribution in [0.25, 0.3) is 0 Å². The molecule has 0 spiro atoms. The van der Waals surface area contributed by atoms with Crippen molar-refractivity contribution in [2.24, 2.45) is 5.92 Å². The van der Waals surface area contributed by atoms with Gasteiger partial charge in [-0.25, -0.2) is 4.98 Å². The lowest BCUT2D eigenvalue weighted by atomic mass is 10.0. The molecular weight excluding hydrogens is 556 g/mol. The van der Waals surface area contributed by atoms with Crippen LogP contribution < -0.4 is 16.0 Å². The molecule has 228 valence electrons. The van der Waals surface area contributed by atoms with Crippen molar-refractivity contribution in [3.63, 3.8) is 0 Å². The lowest BCUT2D eigenvalue weighted by molar-refractivity contribution is -0.142.